The van der Waals surface area contributed by atoms with Gasteiger partial charge in [-0.3, -0.25) is 9.59 Å². The van der Waals surface area contributed by atoms with Crippen LogP contribution < -0.4 is 15.4 Å². The van der Waals surface area contributed by atoms with Crippen LogP contribution in [0.3, 0.4) is 0 Å². The molecule has 0 aliphatic heterocycles. The molecule has 1 saturated carbocycles. The zero-order chi connectivity index (χ0) is 22.5. The zero-order valence-corrected chi connectivity index (χ0v) is 18.6. The number of carbonyl (C=O) groups excluding carboxylic acids is 2. The van der Waals surface area contributed by atoms with Crippen molar-refractivity contribution < 1.29 is 18.7 Å². The Balaban J connectivity index is 1.25. The highest BCUT2D eigenvalue weighted by atomic mass is 32.2. The number of hydrogen-bond acceptors (Lipinski definition) is 7. The maximum atomic E-state index is 12.3. The molecule has 1 atom stereocenters. The lowest BCUT2D eigenvalue weighted by Crippen LogP contribution is -2.28. The first-order valence-electron chi connectivity index (χ1n) is 10.3. The Kier molecular flexibility index (Phi) is 6.75. The maximum absolute atomic E-state index is 12.3. The van der Waals surface area contributed by atoms with Gasteiger partial charge >= 0.3 is 0 Å². The van der Waals surface area contributed by atoms with E-state index in [4.69, 9.17) is 9.15 Å². The van der Waals surface area contributed by atoms with Crippen LogP contribution >= 0.6 is 11.8 Å². The normalized spacial score (nSPS) is 13.9. The van der Waals surface area contributed by atoms with Crippen molar-refractivity contribution in [2.45, 2.75) is 31.0 Å². The maximum Gasteiger partial charge on any atom is 0.277 e. The topological polar surface area (TPSA) is 106 Å². The summed E-state index contributed by atoms with van der Waals surface area (Å²) < 4.78 is 10.8. The molecule has 1 unspecified atom stereocenters. The first-order chi connectivity index (χ1) is 15.5. The van der Waals surface area contributed by atoms with Gasteiger partial charge < -0.3 is 19.8 Å². The van der Waals surface area contributed by atoms with Crippen molar-refractivity contribution in [1.29, 1.82) is 0 Å². The van der Waals surface area contributed by atoms with Crippen LogP contribution in [0.25, 0.3) is 11.5 Å². The minimum atomic E-state index is -0.172. The highest BCUT2D eigenvalue weighted by Crippen LogP contribution is 2.30. The summed E-state index contributed by atoms with van der Waals surface area (Å²) in [6, 6.07) is 14.6. The molecule has 0 bridgehead atoms. The summed E-state index contributed by atoms with van der Waals surface area (Å²) in [6.45, 7) is 1.91. The second-order valence-electron chi connectivity index (χ2n) is 7.57. The molecule has 166 valence electrons. The van der Waals surface area contributed by atoms with E-state index in [2.05, 4.69) is 20.8 Å². The van der Waals surface area contributed by atoms with Crippen LogP contribution in [0.2, 0.25) is 0 Å². The van der Waals surface area contributed by atoms with E-state index < -0.39 is 0 Å². The van der Waals surface area contributed by atoms with Gasteiger partial charge in [0.1, 0.15) is 5.75 Å². The van der Waals surface area contributed by atoms with Crippen LogP contribution in [0.5, 0.6) is 5.75 Å². The van der Waals surface area contributed by atoms with Crippen molar-refractivity contribution in [3.05, 3.63) is 54.1 Å². The van der Waals surface area contributed by atoms with Crippen molar-refractivity contribution >= 4 is 29.3 Å². The van der Waals surface area contributed by atoms with Gasteiger partial charge in [-0.25, -0.2) is 0 Å². The predicted molar refractivity (Wildman–Crippen MR) is 121 cm³/mol. The molecular formula is C23H24N4O4S. The van der Waals surface area contributed by atoms with Crippen LogP contribution in [0.1, 0.15) is 31.4 Å². The predicted octanol–water partition coefficient (Wildman–Crippen LogP) is 4.06. The van der Waals surface area contributed by atoms with E-state index in [1.165, 1.54) is 11.8 Å². The molecule has 8 nitrogen and oxygen atoms in total. The fraction of sp³-hybridized carbons (Fsp3) is 0.304. The smallest absolute Gasteiger partial charge is 0.277 e. The highest BCUT2D eigenvalue weighted by Gasteiger charge is 2.29. The quantitative estimate of drug-likeness (QED) is 0.472. The van der Waals surface area contributed by atoms with Gasteiger partial charge in [0, 0.05) is 17.2 Å². The van der Waals surface area contributed by atoms with Crippen molar-refractivity contribution in [3.8, 4) is 17.2 Å². The van der Waals surface area contributed by atoms with Gasteiger partial charge in [-0.15, -0.1) is 10.2 Å². The molecule has 32 heavy (non-hydrogen) atoms. The van der Waals surface area contributed by atoms with E-state index in [-0.39, 0.29) is 29.5 Å². The van der Waals surface area contributed by atoms with E-state index >= 15 is 0 Å². The monoisotopic (exact) mass is 452 g/mol. The Labute approximate surface area is 190 Å². The summed E-state index contributed by atoms with van der Waals surface area (Å²) in [5, 5.41) is 14.2. The average molecular weight is 453 g/mol. The van der Waals surface area contributed by atoms with E-state index in [0.29, 0.717) is 11.1 Å². The molecule has 2 aromatic carbocycles. The second-order valence-corrected chi connectivity index (χ2v) is 8.49. The molecule has 2 amide bonds. The number of rotatable bonds is 9. The summed E-state index contributed by atoms with van der Waals surface area (Å²) in [6.07, 6.45) is 1.94. The molecule has 1 aliphatic carbocycles. The molecule has 2 N–H and O–H groups in total. The first-order valence-corrected chi connectivity index (χ1v) is 11.3. The van der Waals surface area contributed by atoms with Gasteiger partial charge in [-0.1, -0.05) is 23.9 Å². The number of thioether (sulfide) groups is 1. The fourth-order valence-corrected chi connectivity index (χ4v) is 3.63. The number of nitrogens with zero attached hydrogens (tertiary/aromatic N) is 2. The van der Waals surface area contributed by atoms with Crippen LogP contribution in [-0.2, 0) is 9.59 Å². The standard InChI is InChI=1S/C23H24N4O4S/c1-14(15-5-9-18(10-6-15)25-21(29)16-3-4-16)24-20(28)13-32-23-27-26-22(31-23)17-7-11-19(30-2)12-8-17/h5-12,14,16H,3-4,13H2,1-2H3,(H,24,28)(H,25,29). The summed E-state index contributed by atoms with van der Waals surface area (Å²) in [4.78, 5) is 24.2. The number of amides is 2. The fourth-order valence-electron chi connectivity index (χ4n) is 3.06. The van der Waals surface area contributed by atoms with Gasteiger partial charge in [0.15, 0.2) is 0 Å². The lowest BCUT2D eigenvalue weighted by molar-refractivity contribution is -0.119. The first kappa shape index (κ1) is 21.9. The van der Waals surface area contributed by atoms with Gasteiger partial charge in [0.05, 0.1) is 18.9 Å². The van der Waals surface area contributed by atoms with E-state index in [1.54, 1.807) is 7.11 Å². The Morgan fingerprint density at radius 1 is 1.12 bits per heavy atom. The summed E-state index contributed by atoms with van der Waals surface area (Å²) >= 11 is 1.18. The SMILES string of the molecule is COc1ccc(-c2nnc(SCC(=O)NC(C)c3ccc(NC(=O)C4CC4)cc3)o2)cc1. The van der Waals surface area contributed by atoms with Gasteiger partial charge in [-0.05, 0) is 61.7 Å². The molecule has 1 aromatic heterocycles. The van der Waals surface area contributed by atoms with E-state index in [0.717, 1.165) is 35.4 Å². The molecule has 1 heterocycles. The third-order valence-corrected chi connectivity index (χ3v) is 5.89. The van der Waals surface area contributed by atoms with Crippen molar-refractivity contribution in [3.63, 3.8) is 0 Å². The Hall–Kier alpha value is -3.33. The van der Waals surface area contributed by atoms with Gasteiger partial charge in [0.2, 0.25) is 17.7 Å². The molecule has 3 aromatic rings. The lowest BCUT2D eigenvalue weighted by Gasteiger charge is -2.14. The summed E-state index contributed by atoms with van der Waals surface area (Å²) in [5.41, 5.74) is 2.50. The molecule has 9 heteroatoms. The second kappa shape index (κ2) is 9.86. The minimum Gasteiger partial charge on any atom is -0.497 e. The minimum absolute atomic E-state index is 0.0762. The summed E-state index contributed by atoms with van der Waals surface area (Å²) in [7, 11) is 1.60. The zero-order valence-electron chi connectivity index (χ0n) is 17.8. The third-order valence-electron chi connectivity index (χ3n) is 5.07. The number of hydrogen-bond donors (Lipinski definition) is 2. The Morgan fingerprint density at radius 2 is 1.84 bits per heavy atom. The molecule has 4 rings (SSSR count). The lowest BCUT2D eigenvalue weighted by atomic mass is 10.1. The molecule has 1 fully saturated rings. The van der Waals surface area contributed by atoms with Gasteiger partial charge in [-0.2, -0.15) is 0 Å². The van der Waals surface area contributed by atoms with Crippen molar-refractivity contribution in [1.82, 2.24) is 15.5 Å². The van der Waals surface area contributed by atoms with Crippen LogP contribution in [0, 0.1) is 5.92 Å². The van der Waals surface area contributed by atoms with Gasteiger partial charge in [0.25, 0.3) is 5.22 Å². The van der Waals surface area contributed by atoms with Crippen molar-refractivity contribution in [2.75, 3.05) is 18.2 Å². The molecule has 0 spiro atoms. The number of carbonyl (C=O) groups is 2. The number of ether oxygens (including phenoxy) is 1. The van der Waals surface area contributed by atoms with Crippen LogP contribution in [0.15, 0.2) is 58.2 Å². The molecule has 1 aliphatic rings. The summed E-state index contributed by atoms with van der Waals surface area (Å²) in [5.74, 6) is 1.38. The largest absolute Gasteiger partial charge is 0.497 e. The number of methoxy groups -OCH3 is 1. The van der Waals surface area contributed by atoms with Crippen LogP contribution in [-0.4, -0.2) is 34.9 Å². The molecular weight excluding hydrogens is 428 g/mol. The molecule has 0 saturated heterocycles. The van der Waals surface area contributed by atoms with Crippen molar-refractivity contribution in [2.24, 2.45) is 5.92 Å². The highest BCUT2D eigenvalue weighted by molar-refractivity contribution is 7.99. The Morgan fingerprint density at radius 3 is 2.50 bits per heavy atom. The number of aromatic nitrogens is 2. The van der Waals surface area contributed by atoms with Crippen LogP contribution in [0.4, 0.5) is 5.69 Å². The number of nitrogens with one attached hydrogen (secondary N) is 2. The number of anilines is 1. The van der Waals surface area contributed by atoms with E-state index in [9.17, 15) is 9.59 Å². The molecule has 0 radical (unpaired) electrons. The average Bonchev–Trinajstić information content (AvgIpc) is 3.56. The Bertz CT molecular complexity index is 1080. The number of benzene rings is 2. The third kappa shape index (κ3) is 5.67. The van der Waals surface area contributed by atoms with E-state index in [1.807, 2.05) is 55.5 Å².